The molecule has 0 amide bonds. The van der Waals surface area contributed by atoms with Crippen LogP contribution in [0.2, 0.25) is 0 Å². The number of aromatic nitrogens is 4. The maximum Gasteiger partial charge on any atom is 0.280 e. The Morgan fingerprint density at radius 3 is 2.82 bits per heavy atom. The van der Waals surface area contributed by atoms with Gasteiger partial charge in [0.1, 0.15) is 23.5 Å². The number of hydrogen-bond acceptors (Lipinski definition) is 4. The molecule has 3 rings (SSSR count). The van der Waals surface area contributed by atoms with Crippen molar-refractivity contribution in [2.45, 2.75) is 26.8 Å². The first kappa shape index (κ1) is 14.4. The molecule has 0 aliphatic rings. The van der Waals surface area contributed by atoms with Crippen molar-refractivity contribution in [2.75, 3.05) is 5.32 Å². The summed E-state index contributed by atoms with van der Waals surface area (Å²) in [6.45, 7) is 4.27. The van der Waals surface area contributed by atoms with Gasteiger partial charge in [0.05, 0.1) is 17.6 Å². The second-order valence-electron chi connectivity index (χ2n) is 5.03. The molecule has 2 N–H and O–H groups in total. The van der Waals surface area contributed by atoms with Gasteiger partial charge in [-0.25, -0.2) is 23.7 Å². The van der Waals surface area contributed by atoms with E-state index < -0.39 is 6.43 Å². The van der Waals surface area contributed by atoms with Gasteiger partial charge in [0.25, 0.3) is 6.43 Å². The van der Waals surface area contributed by atoms with Crippen LogP contribution in [0.25, 0.3) is 11.0 Å². The Bertz CT molecular complexity index is 813. The number of rotatable bonds is 4. The van der Waals surface area contributed by atoms with Gasteiger partial charge >= 0.3 is 0 Å². The molecule has 0 aromatic carbocycles. The van der Waals surface area contributed by atoms with E-state index in [-0.39, 0.29) is 5.69 Å². The summed E-state index contributed by atoms with van der Waals surface area (Å²) in [5, 5.41) is 4.05. The van der Waals surface area contributed by atoms with Gasteiger partial charge in [0.15, 0.2) is 0 Å². The molecule has 3 aromatic rings. The molecule has 0 atom stereocenters. The van der Waals surface area contributed by atoms with Gasteiger partial charge in [-0.05, 0) is 31.5 Å². The predicted molar refractivity (Wildman–Crippen MR) is 79.9 cm³/mol. The highest BCUT2D eigenvalue weighted by Gasteiger charge is 2.12. The highest BCUT2D eigenvalue weighted by molar-refractivity contribution is 5.91. The van der Waals surface area contributed by atoms with Crippen molar-refractivity contribution in [2.24, 2.45) is 0 Å². The average molecular weight is 303 g/mol. The minimum Gasteiger partial charge on any atom is -0.364 e. The van der Waals surface area contributed by atoms with Crippen LogP contribution in [0.15, 0.2) is 24.5 Å². The molecule has 7 heteroatoms. The summed E-state index contributed by atoms with van der Waals surface area (Å²) in [6.07, 6.45) is -1.11. The van der Waals surface area contributed by atoms with Crippen molar-refractivity contribution in [1.29, 1.82) is 0 Å². The summed E-state index contributed by atoms with van der Waals surface area (Å²) >= 11 is 0. The van der Waals surface area contributed by atoms with Gasteiger partial charge < -0.3 is 10.3 Å². The van der Waals surface area contributed by atoms with E-state index in [1.54, 1.807) is 12.1 Å². The Kier molecular flexibility index (Phi) is 3.70. The lowest BCUT2D eigenvalue weighted by Gasteiger charge is -2.08. The summed E-state index contributed by atoms with van der Waals surface area (Å²) in [6, 6.07) is 4.59. The zero-order chi connectivity index (χ0) is 15.7. The molecule has 0 saturated carbocycles. The summed E-state index contributed by atoms with van der Waals surface area (Å²) in [5.74, 6) is 0.663. The number of pyridine rings is 1. The molecule has 5 nitrogen and oxygen atoms in total. The van der Waals surface area contributed by atoms with Crippen LogP contribution in [0.5, 0.6) is 0 Å². The number of alkyl halides is 2. The van der Waals surface area contributed by atoms with Crippen LogP contribution in [0.1, 0.15) is 29.1 Å². The van der Waals surface area contributed by atoms with E-state index >= 15 is 0 Å². The van der Waals surface area contributed by atoms with Crippen LogP contribution in [0, 0.1) is 13.8 Å². The standard InChI is InChI=1S/C15H15F2N5/c1-8-9(2)21-15-12(8)14(19-7-20-15)18-6-10-4-3-5-11(22-10)13(16)17/h3-5,7,13H,6H2,1-2H3,(H2,18,19,20,21). The number of aryl methyl sites for hydroxylation is 2. The smallest absolute Gasteiger partial charge is 0.280 e. The van der Waals surface area contributed by atoms with E-state index in [1.165, 1.54) is 12.4 Å². The molecule has 0 fully saturated rings. The first-order valence-electron chi connectivity index (χ1n) is 6.84. The number of nitrogens with zero attached hydrogens (tertiary/aromatic N) is 3. The molecular formula is C15H15F2N5. The van der Waals surface area contributed by atoms with Crippen LogP contribution in [0.4, 0.5) is 14.6 Å². The summed E-state index contributed by atoms with van der Waals surface area (Å²) in [4.78, 5) is 15.5. The van der Waals surface area contributed by atoms with Gasteiger partial charge in [-0.15, -0.1) is 0 Å². The van der Waals surface area contributed by atoms with Crippen molar-refractivity contribution in [3.63, 3.8) is 0 Å². The normalized spacial score (nSPS) is 11.3. The SMILES string of the molecule is Cc1[nH]c2ncnc(NCc3cccc(C(F)F)n3)c2c1C. The van der Waals surface area contributed by atoms with Gasteiger partial charge in [-0.1, -0.05) is 6.07 Å². The lowest BCUT2D eigenvalue weighted by Crippen LogP contribution is -2.05. The van der Waals surface area contributed by atoms with E-state index in [2.05, 4.69) is 25.3 Å². The first-order chi connectivity index (χ1) is 10.6. The molecule has 22 heavy (non-hydrogen) atoms. The van der Waals surface area contributed by atoms with Crippen molar-refractivity contribution in [3.8, 4) is 0 Å². The van der Waals surface area contributed by atoms with Crippen LogP contribution >= 0.6 is 0 Å². The van der Waals surface area contributed by atoms with E-state index in [0.717, 1.165) is 22.3 Å². The molecule has 0 spiro atoms. The molecule has 0 unspecified atom stereocenters. The number of hydrogen-bond donors (Lipinski definition) is 2. The maximum atomic E-state index is 12.7. The van der Waals surface area contributed by atoms with Gasteiger partial charge in [0.2, 0.25) is 0 Å². The second kappa shape index (κ2) is 5.67. The fourth-order valence-corrected chi connectivity index (χ4v) is 2.32. The fraction of sp³-hybridized carbons (Fsp3) is 0.267. The molecule has 0 aliphatic carbocycles. The molecule has 0 aliphatic heterocycles. The molecule has 3 aromatic heterocycles. The Morgan fingerprint density at radius 2 is 2.05 bits per heavy atom. The van der Waals surface area contributed by atoms with Gasteiger partial charge in [-0.3, -0.25) is 0 Å². The lowest BCUT2D eigenvalue weighted by atomic mass is 10.2. The van der Waals surface area contributed by atoms with E-state index in [1.807, 2.05) is 13.8 Å². The molecule has 114 valence electrons. The zero-order valence-corrected chi connectivity index (χ0v) is 12.2. The number of anilines is 1. The van der Waals surface area contributed by atoms with Gasteiger partial charge in [-0.2, -0.15) is 0 Å². The van der Waals surface area contributed by atoms with Crippen molar-refractivity contribution in [3.05, 3.63) is 47.2 Å². The predicted octanol–water partition coefficient (Wildman–Crippen LogP) is 3.52. The third kappa shape index (κ3) is 2.61. The Morgan fingerprint density at radius 1 is 1.23 bits per heavy atom. The largest absolute Gasteiger partial charge is 0.364 e. The zero-order valence-electron chi connectivity index (χ0n) is 12.2. The number of nitrogens with one attached hydrogen (secondary N) is 2. The Labute approximate surface area is 125 Å². The number of fused-ring (bicyclic) bond motifs is 1. The minimum atomic E-state index is -2.57. The lowest BCUT2D eigenvalue weighted by molar-refractivity contribution is 0.146. The van der Waals surface area contributed by atoms with Crippen LogP contribution < -0.4 is 5.32 Å². The third-order valence-electron chi connectivity index (χ3n) is 3.58. The summed E-state index contributed by atoms with van der Waals surface area (Å²) in [7, 11) is 0. The third-order valence-corrected chi connectivity index (χ3v) is 3.58. The highest BCUT2D eigenvalue weighted by atomic mass is 19.3. The van der Waals surface area contributed by atoms with E-state index in [0.29, 0.717) is 18.1 Å². The minimum absolute atomic E-state index is 0.221. The van der Waals surface area contributed by atoms with Gasteiger partial charge in [0, 0.05) is 5.69 Å². The van der Waals surface area contributed by atoms with E-state index in [4.69, 9.17) is 0 Å². The number of halogens is 2. The van der Waals surface area contributed by atoms with Crippen molar-refractivity contribution < 1.29 is 8.78 Å². The van der Waals surface area contributed by atoms with Crippen LogP contribution in [-0.2, 0) is 6.54 Å². The monoisotopic (exact) mass is 303 g/mol. The number of H-pyrrole nitrogens is 1. The topological polar surface area (TPSA) is 66.5 Å². The molecule has 3 heterocycles. The maximum absolute atomic E-state index is 12.7. The van der Waals surface area contributed by atoms with Crippen LogP contribution in [-0.4, -0.2) is 19.9 Å². The van der Waals surface area contributed by atoms with E-state index in [9.17, 15) is 8.78 Å². The molecular weight excluding hydrogens is 288 g/mol. The summed E-state index contributed by atoms with van der Waals surface area (Å²) in [5.41, 5.74) is 3.15. The molecule has 0 saturated heterocycles. The van der Waals surface area contributed by atoms with Crippen LogP contribution in [0.3, 0.4) is 0 Å². The first-order valence-corrected chi connectivity index (χ1v) is 6.84. The average Bonchev–Trinajstić information content (AvgIpc) is 2.81. The van der Waals surface area contributed by atoms with Crippen molar-refractivity contribution in [1.82, 2.24) is 19.9 Å². The molecule has 0 radical (unpaired) electrons. The molecule has 0 bridgehead atoms. The second-order valence-corrected chi connectivity index (χ2v) is 5.03. The number of aromatic amines is 1. The fourth-order valence-electron chi connectivity index (χ4n) is 2.32. The Hall–Kier alpha value is -2.57. The van der Waals surface area contributed by atoms with Crippen molar-refractivity contribution >= 4 is 16.9 Å². The highest BCUT2D eigenvalue weighted by Crippen LogP contribution is 2.25. The quantitative estimate of drug-likeness (QED) is 0.774. The summed E-state index contributed by atoms with van der Waals surface area (Å²) < 4.78 is 25.3. The Balaban J connectivity index is 1.87.